The molecule has 0 radical (unpaired) electrons. The molecule has 1 aliphatic rings. The van der Waals surface area contributed by atoms with Crippen LogP contribution in [0.5, 0.6) is 0 Å². The van der Waals surface area contributed by atoms with E-state index in [0.29, 0.717) is 5.46 Å². The van der Waals surface area contributed by atoms with Gasteiger partial charge in [-0.2, -0.15) is 4.22 Å². The van der Waals surface area contributed by atoms with Crippen LogP contribution in [0.25, 0.3) is 10.9 Å². The zero-order valence-corrected chi connectivity index (χ0v) is 18.2. The van der Waals surface area contributed by atoms with Crippen LogP contribution in [0, 0.1) is 6.92 Å². The van der Waals surface area contributed by atoms with Gasteiger partial charge < -0.3 is 9.64 Å². The summed E-state index contributed by atoms with van der Waals surface area (Å²) in [5.41, 5.74) is 3.26. The van der Waals surface area contributed by atoms with E-state index < -0.39 is 29.1 Å². The van der Waals surface area contributed by atoms with Crippen LogP contribution in [0.1, 0.15) is 11.3 Å². The molecule has 1 aromatic heterocycles. The molecule has 6 nitrogen and oxygen atoms in total. The summed E-state index contributed by atoms with van der Waals surface area (Å²) in [4.78, 5) is 16.4. The molecule has 32 heavy (non-hydrogen) atoms. The van der Waals surface area contributed by atoms with Crippen molar-refractivity contribution in [1.82, 2.24) is 9.20 Å². The number of nitrogens with one attached hydrogen (secondary N) is 1. The number of sulfonamides is 1. The highest BCUT2D eigenvalue weighted by atomic mass is 32.2. The Morgan fingerprint density at radius 3 is 2.38 bits per heavy atom. The largest absolute Gasteiger partial charge is 0.514 e. The third kappa shape index (κ3) is 3.61. The number of benzene rings is 3. The lowest BCUT2D eigenvalue weighted by atomic mass is 9.74. The van der Waals surface area contributed by atoms with Crippen LogP contribution in [0.2, 0.25) is 0 Å². The van der Waals surface area contributed by atoms with Crippen molar-refractivity contribution in [2.75, 3.05) is 0 Å². The van der Waals surface area contributed by atoms with Crippen molar-refractivity contribution in [2.45, 2.75) is 24.3 Å². The van der Waals surface area contributed by atoms with E-state index in [4.69, 9.17) is 4.65 Å². The number of para-hydroxylation sites is 1. The SMILES string of the molecule is Cc1ccc(S(=O)(=O)N2B(c3ccccc3)OC(=O)C2Cc2cc3ccccc3[nH]2)cc1. The number of H-pyrrole nitrogens is 1. The maximum atomic E-state index is 13.7. The standard InChI is InChI=1S/C24H21BN2O4S/c1-17-11-13-21(14-12-17)32(29,30)27-23(16-20-15-18-7-5-6-10-22(18)26-20)24(28)31-25(27)19-8-3-2-4-9-19/h2-15,23,26H,16H2,1H3. The van der Waals surface area contributed by atoms with Crippen molar-refractivity contribution >= 4 is 39.4 Å². The predicted octanol–water partition coefficient (Wildman–Crippen LogP) is 3.03. The predicted molar refractivity (Wildman–Crippen MR) is 124 cm³/mol. The molecule has 2 heterocycles. The molecule has 0 aliphatic carbocycles. The van der Waals surface area contributed by atoms with Crippen LogP contribution in [-0.2, 0) is 25.9 Å². The van der Waals surface area contributed by atoms with E-state index in [2.05, 4.69) is 4.98 Å². The van der Waals surface area contributed by atoms with E-state index in [1.54, 1.807) is 48.5 Å². The van der Waals surface area contributed by atoms with Gasteiger partial charge in [-0.15, -0.1) is 0 Å². The molecule has 1 aliphatic heterocycles. The first-order valence-corrected chi connectivity index (χ1v) is 11.8. The molecular formula is C24H21BN2O4S. The Labute approximate surface area is 187 Å². The normalized spacial score (nSPS) is 17.1. The Morgan fingerprint density at radius 1 is 0.969 bits per heavy atom. The molecule has 0 saturated carbocycles. The van der Waals surface area contributed by atoms with Gasteiger partial charge in [-0.1, -0.05) is 66.2 Å². The summed E-state index contributed by atoms with van der Waals surface area (Å²) in [7, 11) is -5.04. The summed E-state index contributed by atoms with van der Waals surface area (Å²) in [6.45, 7) is 1.89. The van der Waals surface area contributed by atoms with Crippen molar-refractivity contribution < 1.29 is 17.9 Å². The lowest BCUT2D eigenvalue weighted by Crippen LogP contribution is -2.51. The van der Waals surface area contributed by atoms with Crippen molar-refractivity contribution in [3.8, 4) is 0 Å². The van der Waals surface area contributed by atoms with Gasteiger partial charge in [0.15, 0.2) is 0 Å². The molecule has 160 valence electrons. The minimum absolute atomic E-state index is 0.129. The Balaban J connectivity index is 1.58. The van der Waals surface area contributed by atoms with E-state index in [0.717, 1.165) is 22.2 Å². The summed E-state index contributed by atoms with van der Waals surface area (Å²) in [5, 5.41) is 1.00. The molecular weight excluding hydrogens is 423 g/mol. The molecule has 1 N–H and O–H groups in total. The highest BCUT2D eigenvalue weighted by Crippen LogP contribution is 2.28. The summed E-state index contributed by atoms with van der Waals surface area (Å²) in [5.74, 6) is -0.562. The number of carbonyl (C=O) groups excluding carboxylic acids is 1. The monoisotopic (exact) mass is 444 g/mol. The minimum atomic E-state index is -4.01. The number of nitrogens with zero attached hydrogens (tertiary/aromatic N) is 1. The topological polar surface area (TPSA) is 79.5 Å². The molecule has 0 spiro atoms. The second-order valence-electron chi connectivity index (χ2n) is 7.95. The Morgan fingerprint density at radius 2 is 1.66 bits per heavy atom. The third-order valence-corrected chi connectivity index (χ3v) is 7.59. The van der Waals surface area contributed by atoms with Gasteiger partial charge in [-0.25, -0.2) is 8.42 Å². The highest BCUT2D eigenvalue weighted by molar-refractivity contribution is 7.90. The first-order chi connectivity index (χ1) is 15.4. The first-order valence-electron chi connectivity index (χ1n) is 10.4. The van der Waals surface area contributed by atoms with Gasteiger partial charge >= 0.3 is 13.0 Å². The minimum Gasteiger partial charge on any atom is -0.514 e. The Kier molecular flexibility index (Phi) is 5.11. The lowest BCUT2D eigenvalue weighted by molar-refractivity contribution is -0.134. The summed E-state index contributed by atoms with van der Waals surface area (Å²) in [6.07, 6.45) is 0.182. The quantitative estimate of drug-likeness (QED) is 0.480. The van der Waals surface area contributed by atoms with Gasteiger partial charge in [0.25, 0.3) is 0 Å². The van der Waals surface area contributed by atoms with Gasteiger partial charge in [-0.05, 0) is 42.0 Å². The summed E-state index contributed by atoms with van der Waals surface area (Å²) < 4.78 is 34.3. The number of hydrogen-bond acceptors (Lipinski definition) is 4. The number of carbonyl (C=O) groups is 1. The van der Waals surface area contributed by atoms with Gasteiger partial charge in [0, 0.05) is 17.6 Å². The van der Waals surface area contributed by atoms with Crippen molar-refractivity contribution in [2.24, 2.45) is 0 Å². The average molecular weight is 444 g/mol. The Bertz CT molecular complexity index is 1350. The highest BCUT2D eigenvalue weighted by Gasteiger charge is 2.53. The zero-order valence-electron chi connectivity index (χ0n) is 17.4. The van der Waals surface area contributed by atoms with Crippen molar-refractivity contribution in [1.29, 1.82) is 0 Å². The molecule has 1 fully saturated rings. The number of aromatic amines is 1. The van der Waals surface area contributed by atoms with Gasteiger partial charge in [0.1, 0.15) is 6.04 Å². The van der Waals surface area contributed by atoms with Crippen LogP contribution < -0.4 is 5.46 Å². The third-order valence-electron chi connectivity index (χ3n) is 5.72. The molecule has 0 bridgehead atoms. The fraction of sp³-hybridized carbons (Fsp3) is 0.125. The van der Waals surface area contributed by atoms with E-state index in [9.17, 15) is 13.2 Å². The first kappa shape index (κ1) is 20.5. The van der Waals surface area contributed by atoms with Gasteiger partial charge in [-0.3, -0.25) is 4.79 Å². The maximum Gasteiger partial charge on any atom is 0.502 e. The van der Waals surface area contributed by atoms with Crippen molar-refractivity contribution in [3.63, 3.8) is 0 Å². The summed E-state index contributed by atoms with van der Waals surface area (Å²) >= 11 is 0. The van der Waals surface area contributed by atoms with Gasteiger partial charge in [0.2, 0.25) is 10.0 Å². The molecule has 3 aromatic carbocycles. The van der Waals surface area contributed by atoms with Crippen molar-refractivity contribution in [3.05, 3.63) is 96.2 Å². The fourth-order valence-electron chi connectivity index (χ4n) is 4.09. The average Bonchev–Trinajstić information content (AvgIpc) is 3.35. The van der Waals surface area contributed by atoms with Crippen LogP contribution in [0.15, 0.2) is 89.8 Å². The van der Waals surface area contributed by atoms with Crippen LogP contribution in [0.4, 0.5) is 0 Å². The number of aryl methyl sites for hydroxylation is 1. The Hall–Kier alpha value is -3.36. The number of hydrogen-bond donors (Lipinski definition) is 1. The van der Waals surface area contributed by atoms with Crippen LogP contribution >= 0.6 is 0 Å². The zero-order chi connectivity index (χ0) is 22.3. The molecule has 1 atom stereocenters. The van der Waals surface area contributed by atoms with E-state index in [1.165, 1.54) is 4.22 Å². The molecule has 5 rings (SSSR count). The lowest BCUT2D eigenvalue weighted by Gasteiger charge is -2.23. The fourth-order valence-corrected chi connectivity index (χ4v) is 5.73. The second kappa shape index (κ2) is 7.96. The maximum absolute atomic E-state index is 13.7. The molecule has 1 saturated heterocycles. The molecule has 8 heteroatoms. The summed E-state index contributed by atoms with van der Waals surface area (Å²) in [6, 6.07) is 24.3. The second-order valence-corrected chi connectivity index (χ2v) is 9.79. The van der Waals surface area contributed by atoms with Crippen LogP contribution in [0.3, 0.4) is 0 Å². The molecule has 0 amide bonds. The number of aromatic nitrogens is 1. The molecule has 4 aromatic rings. The molecule has 1 unspecified atom stereocenters. The number of rotatable bonds is 5. The van der Waals surface area contributed by atoms with Gasteiger partial charge in [0.05, 0.1) is 4.90 Å². The smallest absolute Gasteiger partial charge is 0.502 e. The van der Waals surface area contributed by atoms with E-state index in [1.807, 2.05) is 43.3 Å². The van der Waals surface area contributed by atoms with E-state index >= 15 is 0 Å². The van der Waals surface area contributed by atoms with E-state index in [-0.39, 0.29) is 11.3 Å². The van der Waals surface area contributed by atoms with Crippen LogP contribution in [-0.4, -0.2) is 36.7 Å². The number of fused-ring (bicyclic) bond motifs is 1.